The average Bonchev–Trinajstić information content (AvgIpc) is 2.06. The van der Waals surface area contributed by atoms with Gasteiger partial charge in [-0.15, -0.1) is 9.98 Å². The van der Waals surface area contributed by atoms with E-state index >= 15 is 0 Å². The maximum Gasteiger partial charge on any atom is 0.242 e. The van der Waals surface area contributed by atoms with Gasteiger partial charge in [0.25, 0.3) is 0 Å². The van der Waals surface area contributed by atoms with Crippen LogP contribution in [0, 0.1) is 0 Å². The lowest BCUT2D eigenvalue weighted by molar-refractivity contribution is 0.565. The van der Waals surface area contributed by atoms with Gasteiger partial charge in [-0.3, -0.25) is 0 Å². The van der Waals surface area contributed by atoms with Crippen LogP contribution in [0.5, 0.6) is 0 Å². The molecule has 0 aliphatic heterocycles. The number of aromatic nitrogens is 1. The Hall–Kier alpha value is -2.09. The second kappa shape index (κ2) is 3.93. The van der Waals surface area contributed by atoms with E-state index in [4.69, 9.17) is 0 Å². The lowest BCUT2D eigenvalue weighted by Crippen LogP contribution is -1.73. The maximum atomic E-state index is 9.80. The van der Waals surface area contributed by atoms with Gasteiger partial charge < -0.3 is 0 Å². The Morgan fingerprint density at radius 1 is 1.08 bits per heavy atom. The fourth-order valence-corrected chi connectivity index (χ4v) is 0.630. The fourth-order valence-electron chi connectivity index (χ4n) is 0.630. The summed E-state index contributed by atoms with van der Waals surface area (Å²) in [5.41, 5.74) is 0. The van der Waals surface area contributed by atoms with Crippen molar-refractivity contribution in [1.82, 2.24) is 4.98 Å². The normalized spacial score (nSPS) is 8.00. The molecule has 12 heavy (non-hydrogen) atoms. The number of pyridine rings is 1. The van der Waals surface area contributed by atoms with E-state index in [1.807, 2.05) is 0 Å². The van der Waals surface area contributed by atoms with Gasteiger partial charge in [0.15, 0.2) is 11.6 Å². The summed E-state index contributed by atoms with van der Waals surface area (Å²) in [4.78, 5) is 29.8. The van der Waals surface area contributed by atoms with Gasteiger partial charge in [-0.25, -0.2) is 14.6 Å². The minimum Gasteiger partial charge on any atom is -0.211 e. The molecule has 0 aliphatic carbocycles. The van der Waals surface area contributed by atoms with Crippen molar-refractivity contribution in [2.24, 2.45) is 9.98 Å². The van der Waals surface area contributed by atoms with Gasteiger partial charge in [-0.05, 0) is 12.1 Å². The quantitative estimate of drug-likeness (QED) is 0.480. The molecular weight excluding hydrogens is 158 g/mol. The molecule has 0 amide bonds. The summed E-state index contributed by atoms with van der Waals surface area (Å²) in [5.74, 6) is 0.336. The van der Waals surface area contributed by atoms with Crippen LogP contribution in [0.1, 0.15) is 0 Å². The minimum absolute atomic E-state index is 0.168. The van der Waals surface area contributed by atoms with Gasteiger partial charge in [0.1, 0.15) is 0 Å². The molecule has 1 rings (SSSR count). The standard InChI is InChI=1S/C7H3N3O2/c11-4-8-6-2-1-3-7(10-6)9-5-12/h1-3H. The van der Waals surface area contributed by atoms with Crippen molar-refractivity contribution in [2.45, 2.75) is 0 Å². The van der Waals surface area contributed by atoms with E-state index < -0.39 is 0 Å². The topological polar surface area (TPSA) is 71.8 Å². The number of aliphatic imine (C=N–C) groups is 2. The third-order valence-electron chi connectivity index (χ3n) is 1.04. The smallest absolute Gasteiger partial charge is 0.211 e. The number of hydrogen-bond acceptors (Lipinski definition) is 5. The molecule has 0 fully saturated rings. The zero-order valence-electron chi connectivity index (χ0n) is 5.89. The molecule has 1 heterocycles. The van der Waals surface area contributed by atoms with Crippen molar-refractivity contribution in [2.75, 3.05) is 0 Å². The van der Waals surface area contributed by atoms with E-state index in [1.165, 1.54) is 24.3 Å². The lowest BCUT2D eigenvalue weighted by Gasteiger charge is -1.89. The van der Waals surface area contributed by atoms with Crippen molar-refractivity contribution >= 4 is 23.8 Å². The highest BCUT2D eigenvalue weighted by molar-refractivity contribution is 5.50. The fraction of sp³-hybridized carbons (Fsp3) is 0. The van der Waals surface area contributed by atoms with Crippen LogP contribution in [-0.4, -0.2) is 17.1 Å². The molecule has 5 nitrogen and oxygen atoms in total. The molecule has 0 atom stereocenters. The first kappa shape index (κ1) is 8.01. The summed E-state index contributed by atoms with van der Waals surface area (Å²) in [7, 11) is 0. The first-order chi connectivity index (χ1) is 5.86. The Balaban J connectivity index is 3.11. The Labute approximate surface area is 67.5 Å². The van der Waals surface area contributed by atoms with Crippen LogP contribution in [-0.2, 0) is 9.59 Å². The zero-order valence-corrected chi connectivity index (χ0v) is 5.89. The summed E-state index contributed by atoms with van der Waals surface area (Å²) in [5, 5.41) is 0. The number of carbonyl (C=O) groups excluding carboxylic acids is 2. The highest BCUT2D eigenvalue weighted by Gasteiger charge is 1.92. The van der Waals surface area contributed by atoms with Crippen LogP contribution in [0.3, 0.4) is 0 Å². The molecule has 0 N–H and O–H groups in total. The van der Waals surface area contributed by atoms with Crippen molar-refractivity contribution < 1.29 is 9.59 Å². The molecular formula is C7H3N3O2. The first-order valence-electron chi connectivity index (χ1n) is 2.99. The third-order valence-corrected chi connectivity index (χ3v) is 1.04. The summed E-state index contributed by atoms with van der Waals surface area (Å²) in [6, 6.07) is 4.56. The van der Waals surface area contributed by atoms with Crippen LogP contribution in [0.15, 0.2) is 28.2 Å². The Morgan fingerprint density at radius 3 is 2.00 bits per heavy atom. The summed E-state index contributed by atoms with van der Waals surface area (Å²) in [6.45, 7) is 0. The highest BCUT2D eigenvalue weighted by atomic mass is 16.1. The van der Waals surface area contributed by atoms with E-state index in [0.29, 0.717) is 0 Å². The molecule has 58 valence electrons. The van der Waals surface area contributed by atoms with E-state index in [-0.39, 0.29) is 11.6 Å². The van der Waals surface area contributed by atoms with E-state index in [1.54, 1.807) is 6.07 Å². The van der Waals surface area contributed by atoms with Gasteiger partial charge in [0, 0.05) is 0 Å². The second-order valence-corrected chi connectivity index (χ2v) is 1.76. The maximum absolute atomic E-state index is 9.80. The highest BCUT2D eigenvalue weighted by Crippen LogP contribution is 2.12. The molecule has 0 unspecified atom stereocenters. The molecule has 5 heteroatoms. The van der Waals surface area contributed by atoms with Crippen LogP contribution in [0.25, 0.3) is 0 Å². The van der Waals surface area contributed by atoms with Crippen LogP contribution < -0.4 is 0 Å². The lowest BCUT2D eigenvalue weighted by atomic mass is 10.4. The predicted molar refractivity (Wildman–Crippen MR) is 39.8 cm³/mol. The number of nitrogens with zero attached hydrogens (tertiary/aromatic N) is 3. The van der Waals surface area contributed by atoms with Gasteiger partial charge >= 0.3 is 0 Å². The second-order valence-electron chi connectivity index (χ2n) is 1.76. The van der Waals surface area contributed by atoms with Crippen molar-refractivity contribution in [3.63, 3.8) is 0 Å². The molecule has 0 aliphatic rings. The third kappa shape index (κ3) is 1.95. The van der Waals surface area contributed by atoms with Gasteiger partial charge in [0.2, 0.25) is 12.2 Å². The predicted octanol–water partition coefficient (Wildman–Crippen LogP) is 1.02. The van der Waals surface area contributed by atoms with Crippen molar-refractivity contribution in [3.8, 4) is 0 Å². The molecule has 0 spiro atoms. The zero-order chi connectivity index (χ0) is 8.81. The molecule has 0 saturated heterocycles. The van der Waals surface area contributed by atoms with E-state index in [0.717, 1.165) is 0 Å². The molecule has 0 bridgehead atoms. The number of rotatable bonds is 2. The minimum atomic E-state index is 0.168. The summed E-state index contributed by atoms with van der Waals surface area (Å²) in [6.07, 6.45) is 2.65. The van der Waals surface area contributed by atoms with Crippen LogP contribution in [0.4, 0.5) is 11.6 Å². The van der Waals surface area contributed by atoms with E-state index in [2.05, 4.69) is 15.0 Å². The van der Waals surface area contributed by atoms with Crippen molar-refractivity contribution in [1.29, 1.82) is 0 Å². The van der Waals surface area contributed by atoms with Gasteiger partial charge in [-0.2, -0.15) is 0 Å². The molecule has 0 radical (unpaired) electrons. The Bertz CT molecular complexity index is 343. The van der Waals surface area contributed by atoms with Crippen LogP contribution >= 0.6 is 0 Å². The molecule has 1 aromatic rings. The van der Waals surface area contributed by atoms with Crippen molar-refractivity contribution in [3.05, 3.63) is 18.2 Å². The SMILES string of the molecule is O=C=Nc1cccc(N=C=O)n1. The van der Waals surface area contributed by atoms with Crippen LogP contribution in [0.2, 0.25) is 0 Å². The monoisotopic (exact) mass is 161 g/mol. The summed E-state index contributed by atoms with van der Waals surface area (Å²) >= 11 is 0. The first-order valence-corrected chi connectivity index (χ1v) is 2.99. The molecule has 0 aromatic carbocycles. The van der Waals surface area contributed by atoms with E-state index in [9.17, 15) is 9.59 Å². The Morgan fingerprint density at radius 2 is 1.58 bits per heavy atom. The van der Waals surface area contributed by atoms with Gasteiger partial charge in [0.05, 0.1) is 0 Å². The summed E-state index contributed by atoms with van der Waals surface area (Å²) < 4.78 is 0. The molecule has 0 saturated carbocycles. The largest absolute Gasteiger partial charge is 0.242 e. The van der Waals surface area contributed by atoms with Gasteiger partial charge in [-0.1, -0.05) is 6.07 Å². The average molecular weight is 161 g/mol. The number of hydrogen-bond donors (Lipinski definition) is 0. The molecule has 1 aromatic heterocycles. The Kier molecular flexibility index (Phi) is 2.62. The number of isocyanates is 2.